The number of halogens is 3. The summed E-state index contributed by atoms with van der Waals surface area (Å²) in [6.45, 7) is 0. The molecule has 2 rings (SSSR count). The number of sulfonamides is 1. The van der Waals surface area contributed by atoms with Crippen LogP contribution in [0.3, 0.4) is 0 Å². The van der Waals surface area contributed by atoms with Crippen molar-refractivity contribution < 1.29 is 17.2 Å². The van der Waals surface area contributed by atoms with Crippen LogP contribution < -0.4 is 4.72 Å². The first-order chi connectivity index (χ1) is 9.87. The summed E-state index contributed by atoms with van der Waals surface area (Å²) in [7, 11) is -3.76. The van der Waals surface area contributed by atoms with Crippen LogP contribution in [0.2, 0.25) is 0 Å². The van der Waals surface area contributed by atoms with Crippen LogP contribution in [0.15, 0.2) is 46.9 Å². The van der Waals surface area contributed by atoms with Crippen molar-refractivity contribution in [1.82, 2.24) is 0 Å². The van der Waals surface area contributed by atoms with E-state index in [0.717, 1.165) is 17.7 Å². The summed E-state index contributed by atoms with van der Waals surface area (Å²) >= 11 is 2.83. The van der Waals surface area contributed by atoms with Gasteiger partial charge in [-0.2, -0.15) is 0 Å². The van der Waals surface area contributed by atoms with E-state index in [1.807, 2.05) is 6.07 Å². The van der Waals surface area contributed by atoms with Gasteiger partial charge < -0.3 is 0 Å². The van der Waals surface area contributed by atoms with E-state index >= 15 is 0 Å². The summed E-state index contributed by atoms with van der Waals surface area (Å²) in [4.78, 5) is 0. The first kappa shape index (κ1) is 15.9. The highest BCUT2D eigenvalue weighted by atomic mass is 79.9. The summed E-state index contributed by atoms with van der Waals surface area (Å²) in [6.07, 6.45) is 0.288. The highest BCUT2D eigenvalue weighted by Gasteiger charge is 2.15. The maximum atomic E-state index is 13.6. The van der Waals surface area contributed by atoms with E-state index in [2.05, 4.69) is 20.7 Å². The number of rotatable bonds is 5. The maximum Gasteiger partial charge on any atom is 0.233 e. The van der Waals surface area contributed by atoms with Crippen molar-refractivity contribution in [3.8, 4) is 0 Å². The Morgan fingerprint density at radius 2 is 1.71 bits per heavy atom. The van der Waals surface area contributed by atoms with Crippen molar-refractivity contribution >= 4 is 31.6 Å². The molecular weight excluding hydrogens is 364 g/mol. The third-order valence-electron chi connectivity index (χ3n) is 2.78. The lowest BCUT2D eigenvalue weighted by molar-refractivity contribution is 0.591. The van der Waals surface area contributed by atoms with E-state index in [4.69, 9.17) is 0 Å². The zero-order valence-corrected chi connectivity index (χ0v) is 13.2. The van der Waals surface area contributed by atoms with Gasteiger partial charge in [-0.05, 0) is 34.0 Å². The molecule has 0 aliphatic carbocycles. The van der Waals surface area contributed by atoms with Gasteiger partial charge in [0.2, 0.25) is 10.0 Å². The Bertz CT molecular complexity index is 736. The van der Waals surface area contributed by atoms with Crippen LogP contribution in [0.1, 0.15) is 5.56 Å². The van der Waals surface area contributed by atoms with Crippen molar-refractivity contribution in [2.45, 2.75) is 6.42 Å². The third kappa shape index (κ3) is 4.50. The largest absolute Gasteiger partial charge is 0.280 e. The quantitative estimate of drug-likeness (QED) is 0.809. The van der Waals surface area contributed by atoms with Gasteiger partial charge in [0.25, 0.3) is 0 Å². The van der Waals surface area contributed by atoms with Crippen LogP contribution in [-0.4, -0.2) is 14.2 Å². The summed E-state index contributed by atoms with van der Waals surface area (Å²) in [5.41, 5.74) is 0.453. The van der Waals surface area contributed by atoms with Gasteiger partial charge in [0.05, 0.1) is 15.9 Å². The average molecular weight is 376 g/mol. The van der Waals surface area contributed by atoms with Crippen molar-refractivity contribution in [3.05, 3.63) is 64.1 Å². The predicted octanol–water partition coefficient (Wildman–Crippen LogP) is 3.71. The van der Waals surface area contributed by atoms with Crippen molar-refractivity contribution in [1.29, 1.82) is 0 Å². The second-order valence-electron chi connectivity index (χ2n) is 4.40. The third-order valence-corrected chi connectivity index (χ3v) is 4.66. The average Bonchev–Trinajstić information content (AvgIpc) is 2.44. The Hall–Kier alpha value is -1.47. The van der Waals surface area contributed by atoms with Crippen molar-refractivity contribution in [2.75, 3.05) is 10.5 Å². The van der Waals surface area contributed by atoms with E-state index in [-0.39, 0.29) is 16.6 Å². The summed E-state index contributed by atoms with van der Waals surface area (Å²) in [6, 6.07) is 10.7. The lowest BCUT2D eigenvalue weighted by Crippen LogP contribution is -2.19. The minimum absolute atomic E-state index is 0.0627. The second kappa shape index (κ2) is 6.53. The molecule has 0 radical (unpaired) electrons. The highest BCUT2D eigenvalue weighted by Crippen LogP contribution is 2.24. The van der Waals surface area contributed by atoms with Crippen LogP contribution in [-0.2, 0) is 16.4 Å². The first-order valence-corrected chi connectivity index (χ1v) is 8.51. The molecule has 0 aliphatic rings. The fourth-order valence-corrected chi connectivity index (χ4v) is 3.13. The van der Waals surface area contributed by atoms with Gasteiger partial charge in [0, 0.05) is 6.07 Å². The summed E-state index contributed by atoms with van der Waals surface area (Å²) in [5.74, 6) is -1.79. The molecule has 0 heterocycles. The molecule has 21 heavy (non-hydrogen) atoms. The highest BCUT2D eigenvalue weighted by molar-refractivity contribution is 9.10. The molecule has 0 fully saturated rings. The molecule has 2 aromatic carbocycles. The number of aryl methyl sites for hydroxylation is 1. The zero-order chi connectivity index (χ0) is 15.5. The number of anilines is 1. The van der Waals surface area contributed by atoms with Crippen LogP contribution in [0.25, 0.3) is 0 Å². The number of hydrogen-bond acceptors (Lipinski definition) is 2. The lowest BCUT2D eigenvalue weighted by Gasteiger charge is -2.09. The van der Waals surface area contributed by atoms with Gasteiger partial charge in [-0.25, -0.2) is 17.2 Å². The maximum absolute atomic E-state index is 13.6. The molecule has 0 spiro atoms. The molecule has 0 aliphatic heterocycles. The molecule has 0 bridgehead atoms. The molecule has 0 amide bonds. The van der Waals surface area contributed by atoms with Crippen LogP contribution >= 0.6 is 15.9 Å². The molecule has 0 unspecified atom stereocenters. The van der Waals surface area contributed by atoms with E-state index in [1.165, 1.54) is 0 Å². The SMILES string of the molecule is O=S(=O)(CCc1ccccc1)Nc1cc(F)c(Br)cc1F. The van der Waals surface area contributed by atoms with E-state index in [1.54, 1.807) is 24.3 Å². The number of nitrogens with one attached hydrogen (secondary N) is 1. The Morgan fingerprint density at radius 1 is 1.05 bits per heavy atom. The topological polar surface area (TPSA) is 46.2 Å². The van der Waals surface area contributed by atoms with Crippen molar-refractivity contribution in [2.24, 2.45) is 0 Å². The minimum atomic E-state index is -3.76. The fraction of sp³-hybridized carbons (Fsp3) is 0.143. The number of benzene rings is 2. The molecule has 0 saturated heterocycles. The van der Waals surface area contributed by atoms with Crippen molar-refractivity contribution in [3.63, 3.8) is 0 Å². The normalized spacial score (nSPS) is 11.4. The van der Waals surface area contributed by atoms with Crippen LogP contribution in [0.4, 0.5) is 14.5 Å². The number of hydrogen-bond donors (Lipinski definition) is 1. The molecule has 112 valence electrons. The smallest absolute Gasteiger partial charge is 0.233 e. The molecule has 0 saturated carbocycles. The molecule has 3 nitrogen and oxygen atoms in total. The van der Waals surface area contributed by atoms with E-state index < -0.39 is 27.3 Å². The summed E-state index contributed by atoms with van der Waals surface area (Å²) in [5, 5.41) is 0. The molecule has 1 N–H and O–H groups in total. The summed E-state index contributed by atoms with van der Waals surface area (Å²) < 4.78 is 52.8. The molecule has 2 aromatic rings. The Kier molecular flexibility index (Phi) is 4.95. The first-order valence-electron chi connectivity index (χ1n) is 6.06. The Morgan fingerprint density at radius 3 is 2.38 bits per heavy atom. The molecule has 7 heteroatoms. The van der Waals surface area contributed by atoms with E-state index in [0.29, 0.717) is 0 Å². The van der Waals surface area contributed by atoms with Gasteiger partial charge in [-0.3, -0.25) is 4.72 Å². The molecular formula is C14H12BrF2NO2S. The van der Waals surface area contributed by atoms with Gasteiger partial charge in [0.15, 0.2) is 0 Å². The monoisotopic (exact) mass is 375 g/mol. The Labute approximate surface area is 130 Å². The Balaban J connectivity index is 2.09. The van der Waals surface area contributed by atoms with Gasteiger partial charge in [0.1, 0.15) is 11.6 Å². The lowest BCUT2D eigenvalue weighted by atomic mass is 10.2. The molecule has 0 aromatic heterocycles. The molecule has 0 atom stereocenters. The van der Waals surface area contributed by atoms with Gasteiger partial charge in [-0.1, -0.05) is 30.3 Å². The van der Waals surface area contributed by atoms with Gasteiger partial charge >= 0.3 is 0 Å². The fourth-order valence-electron chi connectivity index (χ4n) is 1.72. The second-order valence-corrected chi connectivity index (χ2v) is 7.10. The standard InChI is InChI=1S/C14H12BrF2NO2S/c15-11-8-13(17)14(9-12(11)16)18-21(19,20)7-6-10-4-2-1-3-5-10/h1-5,8-9,18H,6-7H2. The van der Waals surface area contributed by atoms with Crippen LogP contribution in [0.5, 0.6) is 0 Å². The predicted molar refractivity (Wildman–Crippen MR) is 81.6 cm³/mol. The van der Waals surface area contributed by atoms with Gasteiger partial charge in [-0.15, -0.1) is 0 Å². The van der Waals surface area contributed by atoms with E-state index in [9.17, 15) is 17.2 Å². The van der Waals surface area contributed by atoms with Crippen LogP contribution in [0, 0.1) is 11.6 Å². The minimum Gasteiger partial charge on any atom is -0.280 e. The zero-order valence-electron chi connectivity index (χ0n) is 10.8.